The molecule has 3 saturated heterocycles. The lowest BCUT2D eigenvalue weighted by molar-refractivity contribution is -0.136. The third-order valence-corrected chi connectivity index (χ3v) is 6.06. The predicted octanol–water partition coefficient (Wildman–Crippen LogP) is 1.93. The average molecular weight is 374 g/mol. The molecule has 0 N–H and O–H groups in total. The Balaban J connectivity index is 1.30. The number of piperidine rings is 1. The van der Waals surface area contributed by atoms with Crippen molar-refractivity contribution in [2.75, 3.05) is 62.3 Å². The van der Waals surface area contributed by atoms with E-state index < -0.39 is 0 Å². The molecule has 3 aliphatic heterocycles. The minimum absolute atomic E-state index is 0.180. The molecule has 27 heavy (non-hydrogen) atoms. The number of hydrogen-bond donors (Lipinski definition) is 0. The summed E-state index contributed by atoms with van der Waals surface area (Å²) in [5.74, 6) is 2.41. The molecule has 4 rings (SSSR count). The molecular formula is C20H31N5O2. The number of anilines is 2. The van der Waals surface area contributed by atoms with E-state index in [4.69, 9.17) is 4.74 Å². The molecule has 0 unspecified atom stereocenters. The van der Waals surface area contributed by atoms with Gasteiger partial charge in [0.25, 0.3) is 0 Å². The molecule has 7 heteroatoms. The number of nitrogens with zero attached hydrogens (tertiary/aromatic N) is 5. The molecule has 0 aliphatic carbocycles. The van der Waals surface area contributed by atoms with E-state index in [1.165, 1.54) is 12.8 Å². The molecule has 1 amide bonds. The van der Waals surface area contributed by atoms with Gasteiger partial charge in [0.2, 0.25) is 5.91 Å². The molecule has 3 fully saturated rings. The van der Waals surface area contributed by atoms with Crippen LogP contribution in [0.1, 0.15) is 38.5 Å². The van der Waals surface area contributed by atoms with E-state index in [1.54, 1.807) is 0 Å². The Hall–Kier alpha value is -1.89. The Kier molecular flexibility index (Phi) is 6.07. The van der Waals surface area contributed by atoms with Gasteiger partial charge in [0.05, 0.1) is 13.2 Å². The third kappa shape index (κ3) is 4.51. The van der Waals surface area contributed by atoms with Crippen LogP contribution in [0, 0.1) is 5.92 Å². The Bertz CT molecular complexity index is 601. The second-order valence-electron chi connectivity index (χ2n) is 7.85. The van der Waals surface area contributed by atoms with Crippen molar-refractivity contribution < 1.29 is 9.53 Å². The summed E-state index contributed by atoms with van der Waals surface area (Å²) < 4.78 is 5.39. The van der Waals surface area contributed by atoms with Crippen LogP contribution < -0.4 is 9.80 Å². The fourth-order valence-electron chi connectivity index (χ4n) is 4.35. The minimum atomic E-state index is 0.180. The van der Waals surface area contributed by atoms with Crippen molar-refractivity contribution in [2.45, 2.75) is 38.5 Å². The smallest absolute Gasteiger partial charge is 0.225 e. The van der Waals surface area contributed by atoms with Crippen LogP contribution in [-0.2, 0) is 9.53 Å². The van der Waals surface area contributed by atoms with Gasteiger partial charge in [-0.1, -0.05) is 12.8 Å². The first-order chi connectivity index (χ1) is 13.3. The van der Waals surface area contributed by atoms with Crippen LogP contribution in [0.25, 0.3) is 0 Å². The van der Waals surface area contributed by atoms with Crippen molar-refractivity contribution in [2.24, 2.45) is 5.92 Å². The molecule has 0 bridgehead atoms. The van der Waals surface area contributed by atoms with Gasteiger partial charge in [0, 0.05) is 45.2 Å². The molecule has 0 atom stereocenters. The summed E-state index contributed by atoms with van der Waals surface area (Å²) in [7, 11) is 0. The zero-order valence-electron chi connectivity index (χ0n) is 16.2. The normalized spacial score (nSPS) is 22.6. The molecule has 7 nitrogen and oxygen atoms in total. The first kappa shape index (κ1) is 18.5. The molecule has 148 valence electrons. The minimum Gasteiger partial charge on any atom is -0.378 e. The van der Waals surface area contributed by atoms with Crippen molar-refractivity contribution >= 4 is 17.5 Å². The molecule has 3 aliphatic rings. The van der Waals surface area contributed by atoms with E-state index in [0.717, 1.165) is 89.8 Å². The number of hydrogen-bond acceptors (Lipinski definition) is 6. The van der Waals surface area contributed by atoms with Crippen LogP contribution in [0.2, 0.25) is 0 Å². The summed E-state index contributed by atoms with van der Waals surface area (Å²) in [6.07, 6.45) is 6.69. The zero-order valence-corrected chi connectivity index (χ0v) is 16.2. The van der Waals surface area contributed by atoms with E-state index in [0.29, 0.717) is 5.91 Å². The molecular weight excluding hydrogens is 342 g/mol. The molecule has 0 aromatic carbocycles. The molecule has 1 aromatic rings. The summed E-state index contributed by atoms with van der Waals surface area (Å²) in [5.41, 5.74) is 0. The molecule has 1 aromatic heterocycles. The maximum absolute atomic E-state index is 12.8. The monoisotopic (exact) mass is 373 g/mol. The quantitative estimate of drug-likeness (QED) is 0.807. The number of carbonyl (C=O) groups is 1. The van der Waals surface area contributed by atoms with E-state index >= 15 is 0 Å². The van der Waals surface area contributed by atoms with Gasteiger partial charge in [-0.3, -0.25) is 4.79 Å². The summed E-state index contributed by atoms with van der Waals surface area (Å²) in [6, 6.07) is 4.12. The third-order valence-electron chi connectivity index (χ3n) is 6.06. The number of rotatable bonds is 3. The van der Waals surface area contributed by atoms with Gasteiger partial charge in [-0.2, -0.15) is 0 Å². The Labute approximate surface area is 161 Å². The van der Waals surface area contributed by atoms with Gasteiger partial charge in [-0.15, -0.1) is 10.2 Å². The van der Waals surface area contributed by atoms with E-state index in [9.17, 15) is 4.79 Å². The van der Waals surface area contributed by atoms with Crippen molar-refractivity contribution in [3.05, 3.63) is 12.1 Å². The van der Waals surface area contributed by atoms with Crippen LogP contribution in [0.3, 0.4) is 0 Å². The molecule has 4 heterocycles. The number of likely N-dealkylation sites (tertiary alicyclic amines) is 1. The lowest BCUT2D eigenvalue weighted by Crippen LogP contribution is -2.43. The SMILES string of the molecule is O=C(C1CCN(c2ccc(N3CCOCC3)nn2)CC1)N1CCCCCC1. The maximum atomic E-state index is 12.8. The predicted molar refractivity (Wildman–Crippen MR) is 105 cm³/mol. The second-order valence-corrected chi connectivity index (χ2v) is 7.85. The van der Waals surface area contributed by atoms with E-state index in [-0.39, 0.29) is 5.92 Å². The van der Waals surface area contributed by atoms with Crippen molar-refractivity contribution in [1.82, 2.24) is 15.1 Å². The van der Waals surface area contributed by atoms with Gasteiger partial charge in [0.15, 0.2) is 11.6 Å². The zero-order chi connectivity index (χ0) is 18.5. The number of amides is 1. The fraction of sp³-hybridized carbons (Fsp3) is 0.750. The first-order valence-electron chi connectivity index (χ1n) is 10.5. The first-order valence-corrected chi connectivity index (χ1v) is 10.5. The van der Waals surface area contributed by atoms with Gasteiger partial charge in [-0.05, 0) is 37.8 Å². The van der Waals surface area contributed by atoms with E-state index in [2.05, 4.69) is 37.0 Å². The van der Waals surface area contributed by atoms with Crippen LogP contribution in [-0.4, -0.2) is 73.5 Å². The standard InChI is InChI=1S/C20H31N5O2/c26-20(25-9-3-1-2-4-10-25)17-7-11-23(12-8-17)18-5-6-19(22-21-18)24-13-15-27-16-14-24/h5-6,17H,1-4,7-16H2. The van der Waals surface area contributed by atoms with Crippen LogP contribution >= 0.6 is 0 Å². The lowest BCUT2D eigenvalue weighted by atomic mass is 9.95. The molecule has 0 saturated carbocycles. The lowest BCUT2D eigenvalue weighted by Gasteiger charge is -2.34. The topological polar surface area (TPSA) is 61.8 Å². The van der Waals surface area contributed by atoms with E-state index in [1.807, 2.05) is 0 Å². The van der Waals surface area contributed by atoms with Crippen LogP contribution in [0.5, 0.6) is 0 Å². The summed E-state index contributed by atoms with van der Waals surface area (Å²) in [4.78, 5) is 19.4. The number of ether oxygens (including phenoxy) is 1. The summed E-state index contributed by atoms with van der Waals surface area (Å²) in [5, 5.41) is 8.87. The highest BCUT2D eigenvalue weighted by atomic mass is 16.5. The molecule has 0 radical (unpaired) electrons. The molecule has 0 spiro atoms. The fourth-order valence-corrected chi connectivity index (χ4v) is 4.35. The number of carbonyl (C=O) groups excluding carboxylic acids is 1. The highest BCUT2D eigenvalue weighted by molar-refractivity contribution is 5.79. The van der Waals surface area contributed by atoms with Gasteiger partial charge < -0.3 is 19.4 Å². The Morgan fingerprint density at radius 2 is 1.37 bits per heavy atom. The van der Waals surface area contributed by atoms with Crippen molar-refractivity contribution in [1.29, 1.82) is 0 Å². The maximum Gasteiger partial charge on any atom is 0.225 e. The second kappa shape index (κ2) is 8.87. The number of aromatic nitrogens is 2. The van der Waals surface area contributed by atoms with Crippen LogP contribution in [0.15, 0.2) is 12.1 Å². The van der Waals surface area contributed by atoms with Crippen molar-refractivity contribution in [3.63, 3.8) is 0 Å². The Morgan fingerprint density at radius 3 is 1.93 bits per heavy atom. The van der Waals surface area contributed by atoms with Gasteiger partial charge in [0.1, 0.15) is 0 Å². The van der Waals surface area contributed by atoms with Gasteiger partial charge >= 0.3 is 0 Å². The number of morpholine rings is 1. The summed E-state index contributed by atoms with van der Waals surface area (Å²) in [6.45, 7) is 6.92. The summed E-state index contributed by atoms with van der Waals surface area (Å²) >= 11 is 0. The highest BCUT2D eigenvalue weighted by Crippen LogP contribution is 2.25. The largest absolute Gasteiger partial charge is 0.378 e. The van der Waals surface area contributed by atoms with Crippen LogP contribution in [0.4, 0.5) is 11.6 Å². The average Bonchev–Trinajstić information content (AvgIpc) is 3.04. The van der Waals surface area contributed by atoms with Gasteiger partial charge in [-0.25, -0.2) is 0 Å². The Morgan fingerprint density at radius 1 is 0.815 bits per heavy atom. The van der Waals surface area contributed by atoms with Crippen molar-refractivity contribution in [3.8, 4) is 0 Å². The highest BCUT2D eigenvalue weighted by Gasteiger charge is 2.29.